The van der Waals surface area contributed by atoms with E-state index in [4.69, 9.17) is 14.2 Å². The van der Waals surface area contributed by atoms with Gasteiger partial charge in [0.15, 0.2) is 5.75 Å². The van der Waals surface area contributed by atoms with E-state index in [0.717, 1.165) is 10.0 Å². The number of amides is 1. The van der Waals surface area contributed by atoms with Gasteiger partial charge in [-0.2, -0.15) is 0 Å². The van der Waals surface area contributed by atoms with Crippen molar-refractivity contribution in [1.82, 2.24) is 9.55 Å². The molecule has 0 atom stereocenters. The number of pyridine rings is 1. The van der Waals surface area contributed by atoms with E-state index in [1.165, 1.54) is 32.0 Å². The average molecular weight is 462 g/mol. The van der Waals surface area contributed by atoms with Crippen molar-refractivity contribution in [1.29, 1.82) is 0 Å². The van der Waals surface area contributed by atoms with Gasteiger partial charge >= 0.3 is 0 Å². The highest BCUT2D eigenvalue weighted by Crippen LogP contribution is 2.29. The number of hydrogen-bond donors (Lipinski definition) is 1. The molecule has 0 saturated carbocycles. The Labute approximate surface area is 188 Å². The minimum atomic E-state index is -0.273. The number of carbonyl (C=O) groups is 1. The maximum absolute atomic E-state index is 12.8. The molecule has 3 aromatic rings. The Balaban J connectivity index is 1.80. The Hall–Kier alpha value is -2.98. The van der Waals surface area contributed by atoms with Gasteiger partial charge in [0.05, 0.1) is 33.2 Å². The Morgan fingerprint density at radius 3 is 2.58 bits per heavy atom. The summed E-state index contributed by atoms with van der Waals surface area (Å²) in [7, 11) is 4.51. The van der Waals surface area contributed by atoms with Gasteiger partial charge in [0, 0.05) is 34.7 Å². The first kappa shape index (κ1) is 22.7. The molecule has 3 rings (SSSR count). The molecular formula is C21H23N3O5S2. The normalized spacial score (nSPS) is 10.6. The second-order valence-electron chi connectivity index (χ2n) is 6.48. The number of hydrogen-bond acceptors (Lipinski definition) is 8. The van der Waals surface area contributed by atoms with Crippen LogP contribution in [0.3, 0.4) is 0 Å². The van der Waals surface area contributed by atoms with Gasteiger partial charge < -0.3 is 24.1 Å². The summed E-state index contributed by atoms with van der Waals surface area (Å²) in [6.45, 7) is 1.93. The van der Waals surface area contributed by atoms with Crippen molar-refractivity contribution in [2.24, 2.45) is 0 Å². The molecule has 0 radical (unpaired) electrons. The van der Waals surface area contributed by atoms with Crippen LogP contribution in [0.25, 0.3) is 0 Å². The lowest BCUT2D eigenvalue weighted by atomic mass is 10.2. The van der Waals surface area contributed by atoms with Crippen LogP contribution in [-0.2, 0) is 17.1 Å². The summed E-state index contributed by atoms with van der Waals surface area (Å²) in [6.07, 6.45) is 1.55. The maximum Gasteiger partial charge on any atom is 0.244 e. The average Bonchev–Trinajstić information content (AvgIpc) is 3.18. The molecule has 0 unspecified atom stereocenters. The summed E-state index contributed by atoms with van der Waals surface area (Å²) in [5.41, 5.74) is 1.94. The van der Waals surface area contributed by atoms with Crippen LogP contribution in [-0.4, -0.2) is 36.8 Å². The van der Waals surface area contributed by atoms with Crippen LogP contribution < -0.4 is 25.0 Å². The molecule has 2 aromatic heterocycles. The van der Waals surface area contributed by atoms with Gasteiger partial charge in [0.25, 0.3) is 0 Å². The maximum atomic E-state index is 12.8. The van der Waals surface area contributed by atoms with Gasteiger partial charge in [-0.25, -0.2) is 4.98 Å². The monoisotopic (exact) mass is 461 g/mol. The van der Waals surface area contributed by atoms with E-state index in [1.54, 1.807) is 47.4 Å². The van der Waals surface area contributed by atoms with Crippen LogP contribution in [0.4, 0.5) is 5.69 Å². The van der Waals surface area contributed by atoms with Crippen molar-refractivity contribution in [3.8, 4) is 17.2 Å². The van der Waals surface area contributed by atoms with Crippen LogP contribution in [0.15, 0.2) is 45.0 Å². The Bertz CT molecular complexity index is 1130. The molecule has 1 N–H and O–H groups in total. The molecule has 31 heavy (non-hydrogen) atoms. The van der Waals surface area contributed by atoms with E-state index in [9.17, 15) is 9.59 Å². The van der Waals surface area contributed by atoms with Gasteiger partial charge in [-0.15, -0.1) is 11.3 Å². The highest BCUT2D eigenvalue weighted by Gasteiger charge is 2.14. The molecule has 164 valence electrons. The van der Waals surface area contributed by atoms with Crippen LogP contribution in [0.2, 0.25) is 0 Å². The van der Waals surface area contributed by atoms with E-state index < -0.39 is 0 Å². The summed E-state index contributed by atoms with van der Waals surface area (Å²) in [5, 5.41) is 4.81. The molecule has 0 aliphatic carbocycles. The van der Waals surface area contributed by atoms with Gasteiger partial charge in [-0.3, -0.25) is 9.59 Å². The van der Waals surface area contributed by atoms with Gasteiger partial charge in [-0.05, 0) is 19.1 Å². The summed E-state index contributed by atoms with van der Waals surface area (Å²) in [4.78, 5) is 29.5. The van der Waals surface area contributed by atoms with Gasteiger partial charge in [0.1, 0.15) is 22.4 Å². The third kappa shape index (κ3) is 5.80. The molecule has 0 fully saturated rings. The SMILES string of the molecule is COc1ccc(NC(=O)Cn2cc(OC)c(=O)cc2CSc2nc(C)cs2)c(OC)c1. The van der Waals surface area contributed by atoms with E-state index in [-0.39, 0.29) is 23.6 Å². The molecule has 0 saturated heterocycles. The largest absolute Gasteiger partial charge is 0.497 e. The molecule has 0 bridgehead atoms. The third-order valence-electron chi connectivity index (χ3n) is 4.34. The van der Waals surface area contributed by atoms with Crippen molar-refractivity contribution in [2.75, 3.05) is 26.6 Å². The fraction of sp³-hybridized carbons (Fsp3) is 0.286. The number of aryl methyl sites for hydroxylation is 1. The number of carbonyl (C=O) groups excluding carboxylic acids is 1. The number of rotatable bonds is 9. The van der Waals surface area contributed by atoms with Crippen molar-refractivity contribution < 1.29 is 19.0 Å². The third-order valence-corrected chi connectivity index (χ3v) is 6.51. The number of aromatic nitrogens is 2. The number of nitrogens with one attached hydrogen (secondary N) is 1. The summed E-state index contributed by atoms with van der Waals surface area (Å²) in [6, 6.07) is 6.63. The molecule has 0 aliphatic heterocycles. The van der Waals surface area contributed by atoms with Crippen LogP contribution in [0.1, 0.15) is 11.4 Å². The first-order chi connectivity index (χ1) is 14.9. The molecule has 2 heterocycles. The number of methoxy groups -OCH3 is 3. The van der Waals surface area contributed by atoms with Gasteiger partial charge in [0.2, 0.25) is 11.3 Å². The number of thiazole rings is 1. The molecule has 0 spiro atoms. The van der Waals surface area contributed by atoms with Gasteiger partial charge in [-0.1, -0.05) is 11.8 Å². The summed E-state index contributed by atoms with van der Waals surface area (Å²) < 4.78 is 18.3. The first-order valence-corrected chi connectivity index (χ1v) is 11.1. The highest BCUT2D eigenvalue weighted by atomic mass is 32.2. The lowest BCUT2D eigenvalue weighted by Crippen LogP contribution is -2.23. The second kappa shape index (κ2) is 10.4. The predicted octanol–water partition coefficient (Wildman–Crippen LogP) is 3.57. The molecular weight excluding hydrogens is 438 g/mol. The van der Waals surface area contributed by atoms with Crippen LogP contribution in [0.5, 0.6) is 17.2 Å². The minimum Gasteiger partial charge on any atom is -0.497 e. The number of benzene rings is 1. The zero-order valence-corrected chi connectivity index (χ0v) is 19.3. The van der Waals surface area contributed by atoms with Crippen molar-refractivity contribution >= 4 is 34.7 Å². The number of anilines is 1. The summed E-state index contributed by atoms with van der Waals surface area (Å²) in [5.74, 6) is 1.50. The minimum absolute atomic E-state index is 0.00138. The quantitative estimate of drug-likeness (QED) is 0.487. The van der Waals surface area contributed by atoms with E-state index >= 15 is 0 Å². The van der Waals surface area contributed by atoms with Crippen molar-refractivity contribution in [3.05, 3.63) is 57.5 Å². The lowest BCUT2D eigenvalue weighted by molar-refractivity contribution is -0.116. The number of thioether (sulfide) groups is 1. The first-order valence-electron chi connectivity index (χ1n) is 9.27. The second-order valence-corrected chi connectivity index (χ2v) is 8.56. The molecule has 8 nitrogen and oxygen atoms in total. The highest BCUT2D eigenvalue weighted by molar-refractivity contribution is 8.00. The van der Waals surface area contributed by atoms with Crippen molar-refractivity contribution in [3.63, 3.8) is 0 Å². The fourth-order valence-corrected chi connectivity index (χ4v) is 4.64. The fourth-order valence-electron chi connectivity index (χ4n) is 2.80. The van der Waals surface area contributed by atoms with Crippen LogP contribution >= 0.6 is 23.1 Å². The lowest BCUT2D eigenvalue weighted by Gasteiger charge is -2.16. The predicted molar refractivity (Wildman–Crippen MR) is 122 cm³/mol. The molecule has 10 heteroatoms. The Morgan fingerprint density at radius 2 is 1.94 bits per heavy atom. The van der Waals surface area contributed by atoms with E-state index in [1.807, 2.05) is 12.3 Å². The van der Waals surface area contributed by atoms with E-state index in [2.05, 4.69) is 10.3 Å². The zero-order valence-electron chi connectivity index (χ0n) is 17.6. The van der Waals surface area contributed by atoms with Crippen LogP contribution in [0, 0.1) is 6.92 Å². The Morgan fingerprint density at radius 1 is 1.16 bits per heavy atom. The summed E-state index contributed by atoms with van der Waals surface area (Å²) >= 11 is 3.06. The standard InChI is InChI=1S/C21H23N3O5S2/c1-13-11-30-21(22-13)31-12-14-7-17(25)19(29-4)9-24(14)10-20(26)23-16-6-5-15(27-2)8-18(16)28-3/h5-9,11H,10,12H2,1-4H3,(H,23,26). The molecule has 1 amide bonds. The smallest absolute Gasteiger partial charge is 0.244 e. The number of ether oxygens (including phenoxy) is 3. The van der Waals surface area contributed by atoms with Crippen molar-refractivity contribution in [2.45, 2.75) is 23.6 Å². The van der Waals surface area contributed by atoms with E-state index in [0.29, 0.717) is 28.6 Å². The number of nitrogens with zero attached hydrogens (tertiary/aromatic N) is 2. The molecule has 0 aliphatic rings. The topological polar surface area (TPSA) is 91.7 Å². The zero-order chi connectivity index (χ0) is 22.4. The Kier molecular flexibility index (Phi) is 7.59. The molecule has 1 aromatic carbocycles.